The molecule has 108 valence electrons. The Balaban J connectivity index is 2.09. The Morgan fingerprint density at radius 2 is 2.30 bits per heavy atom. The van der Waals surface area contributed by atoms with Gasteiger partial charge in [0, 0.05) is 23.8 Å². The van der Waals surface area contributed by atoms with Crippen LogP contribution in [0.1, 0.15) is 24.8 Å². The van der Waals surface area contributed by atoms with E-state index in [1.807, 2.05) is 12.1 Å². The second-order valence-corrected chi connectivity index (χ2v) is 5.59. The van der Waals surface area contributed by atoms with Crippen LogP contribution < -0.4 is 5.73 Å². The molecule has 0 radical (unpaired) electrons. The van der Waals surface area contributed by atoms with Gasteiger partial charge in [0.1, 0.15) is 0 Å². The second kappa shape index (κ2) is 7.17. The number of nitrogens with zero attached hydrogens (tertiary/aromatic N) is 2. The standard InChI is InChI=1S/C13H15BrClN3O2/c1-19-6-2-3-11(16)13-17-12(18-20-13)8-4-5-10(15)9(14)7-8/h4-5,7,11H,2-3,6,16H2,1H3. The molecule has 1 atom stereocenters. The van der Waals surface area contributed by atoms with Crippen LogP contribution in [-0.4, -0.2) is 23.9 Å². The summed E-state index contributed by atoms with van der Waals surface area (Å²) in [5.41, 5.74) is 6.82. The lowest BCUT2D eigenvalue weighted by Gasteiger charge is -2.05. The Hall–Kier alpha value is -0.950. The van der Waals surface area contributed by atoms with Gasteiger partial charge in [-0.25, -0.2) is 0 Å². The van der Waals surface area contributed by atoms with Crippen LogP contribution in [0.15, 0.2) is 27.2 Å². The van der Waals surface area contributed by atoms with Gasteiger partial charge >= 0.3 is 0 Å². The van der Waals surface area contributed by atoms with Crippen molar-refractivity contribution in [1.82, 2.24) is 10.1 Å². The zero-order valence-corrected chi connectivity index (χ0v) is 13.3. The number of ether oxygens (including phenoxy) is 1. The molecule has 0 aliphatic heterocycles. The van der Waals surface area contributed by atoms with Gasteiger partial charge in [-0.15, -0.1) is 0 Å². The van der Waals surface area contributed by atoms with Gasteiger partial charge in [0.2, 0.25) is 11.7 Å². The lowest BCUT2D eigenvalue weighted by Crippen LogP contribution is -2.11. The van der Waals surface area contributed by atoms with E-state index in [9.17, 15) is 0 Å². The molecule has 1 aromatic heterocycles. The van der Waals surface area contributed by atoms with Crippen LogP contribution in [0.4, 0.5) is 0 Å². The van der Waals surface area contributed by atoms with Crippen LogP contribution in [0.3, 0.4) is 0 Å². The molecule has 0 spiro atoms. The monoisotopic (exact) mass is 359 g/mol. The zero-order valence-electron chi connectivity index (χ0n) is 11.0. The second-order valence-electron chi connectivity index (χ2n) is 4.33. The highest BCUT2D eigenvalue weighted by Crippen LogP contribution is 2.28. The maximum atomic E-state index is 6.00. The highest BCUT2D eigenvalue weighted by atomic mass is 79.9. The fraction of sp³-hybridized carbons (Fsp3) is 0.385. The Bertz CT molecular complexity index is 576. The average Bonchev–Trinajstić information content (AvgIpc) is 2.92. The van der Waals surface area contributed by atoms with E-state index in [1.54, 1.807) is 13.2 Å². The number of aromatic nitrogens is 2. The van der Waals surface area contributed by atoms with E-state index in [4.69, 9.17) is 26.6 Å². The minimum atomic E-state index is -0.276. The third-order valence-electron chi connectivity index (χ3n) is 2.80. The molecule has 7 heteroatoms. The quantitative estimate of drug-likeness (QED) is 0.797. The van der Waals surface area contributed by atoms with E-state index in [-0.39, 0.29) is 6.04 Å². The van der Waals surface area contributed by atoms with E-state index >= 15 is 0 Å². The number of methoxy groups -OCH3 is 1. The molecule has 0 saturated heterocycles. The van der Waals surface area contributed by atoms with Crippen molar-refractivity contribution >= 4 is 27.5 Å². The Morgan fingerprint density at radius 3 is 3.00 bits per heavy atom. The number of benzene rings is 1. The number of rotatable bonds is 6. The largest absolute Gasteiger partial charge is 0.385 e. The Labute approximate surface area is 130 Å². The summed E-state index contributed by atoms with van der Waals surface area (Å²) in [6, 6.07) is 5.17. The van der Waals surface area contributed by atoms with Gasteiger partial charge in [-0.2, -0.15) is 4.98 Å². The summed E-state index contributed by atoms with van der Waals surface area (Å²) in [5.74, 6) is 0.932. The lowest BCUT2D eigenvalue weighted by atomic mass is 10.1. The average molecular weight is 361 g/mol. The van der Waals surface area contributed by atoms with Crippen molar-refractivity contribution in [1.29, 1.82) is 0 Å². The third kappa shape index (κ3) is 3.79. The molecular formula is C13H15BrClN3O2. The van der Waals surface area contributed by atoms with E-state index in [1.165, 1.54) is 0 Å². The van der Waals surface area contributed by atoms with Crippen molar-refractivity contribution in [3.05, 3.63) is 33.6 Å². The minimum Gasteiger partial charge on any atom is -0.385 e. The van der Waals surface area contributed by atoms with Gasteiger partial charge in [0.05, 0.1) is 11.1 Å². The lowest BCUT2D eigenvalue weighted by molar-refractivity contribution is 0.188. The third-order valence-corrected chi connectivity index (χ3v) is 4.01. The van der Waals surface area contributed by atoms with Crippen molar-refractivity contribution < 1.29 is 9.26 Å². The molecule has 2 aromatic rings. The summed E-state index contributed by atoms with van der Waals surface area (Å²) < 4.78 is 11.0. The fourth-order valence-electron chi connectivity index (χ4n) is 1.71. The summed E-state index contributed by atoms with van der Waals surface area (Å²) in [4.78, 5) is 4.32. The van der Waals surface area contributed by atoms with Gasteiger partial charge < -0.3 is 15.0 Å². The highest BCUT2D eigenvalue weighted by Gasteiger charge is 2.15. The molecule has 0 amide bonds. The summed E-state index contributed by atoms with van der Waals surface area (Å²) in [7, 11) is 1.66. The molecule has 0 bridgehead atoms. The van der Waals surface area contributed by atoms with Gasteiger partial charge in [-0.05, 0) is 47.0 Å². The number of halogens is 2. The molecule has 1 unspecified atom stereocenters. The van der Waals surface area contributed by atoms with Crippen LogP contribution in [0.2, 0.25) is 5.02 Å². The number of hydrogen-bond acceptors (Lipinski definition) is 5. The van der Waals surface area contributed by atoms with Gasteiger partial charge in [-0.3, -0.25) is 0 Å². The highest BCUT2D eigenvalue weighted by molar-refractivity contribution is 9.10. The van der Waals surface area contributed by atoms with Crippen molar-refractivity contribution in [3.8, 4) is 11.4 Å². The zero-order chi connectivity index (χ0) is 14.5. The first kappa shape index (κ1) is 15.4. The van der Waals surface area contributed by atoms with Crippen molar-refractivity contribution in [2.45, 2.75) is 18.9 Å². The molecule has 1 aromatic carbocycles. The summed E-state index contributed by atoms with van der Waals surface area (Å²) in [6.07, 6.45) is 1.58. The van der Waals surface area contributed by atoms with Crippen molar-refractivity contribution in [2.24, 2.45) is 5.73 Å². The Kier molecular flexibility index (Phi) is 5.54. The van der Waals surface area contributed by atoms with Crippen molar-refractivity contribution in [3.63, 3.8) is 0 Å². The number of nitrogens with two attached hydrogens (primary N) is 1. The van der Waals surface area contributed by atoms with E-state index in [0.717, 1.165) is 22.9 Å². The van der Waals surface area contributed by atoms with Crippen LogP contribution in [0.25, 0.3) is 11.4 Å². The SMILES string of the molecule is COCCCC(N)c1nc(-c2ccc(Cl)c(Br)c2)no1. The van der Waals surface area contributed by atoms with Crippen LogP contribution in [-0.2, 0) is 4.74 Å². The molecule has 0 aliphatic carbocycles. The van der Waals surface area contributed by atoms with E-state index < -0.39 is 0 Å². The van der Waals surface area contributed by atoms with Crippen molar-refractivity contribution in [2.75, 3.05) is 13.7 Å². The number of hydrogen-bond donors (Lipinski definition) is 1. The Morgan fingerprint density at radius 1 is 1.50 bits per heavy atom. The van der Waals surface area contributed by atoms with Gasteiger partial charge in [0.25, 0.3) is 0 Å². The molecule has 0 aliphatic rings. The molecule has 0 saturated carbocycles. The first-order chi connectivity index (χ1) is 9.61. The van der Waals surface area contributed by atoms with Gasteiger partial charge in [-0.1, -0.05) is 16.8 Å². The maximum absolute atomic E-state index is 6.00. The van der Waals surface area contributed by atoms with Crippen LogP contribution in [0.5, 0.6) is 0 Å². The first-order valence-electron chi connectivity index (χ1n) is 6.15. The molecule has 5 nitrogen and oxygen atoms in total. The summed E-state index contributed by atoms with van der Waals surface area (Å²) >= 11 is 9.32. The smallest absolute Gasteiger partial charge is 0.243 e. The predicted octanol–water partition coefficient (Wildman–Crippen LogP) is 3.58. The molecule has 2 N–H and O–H groups in total. The topological polar surface area (TPSA) is 74.2 Å². The van der Waals surface area contributed by atoms with E-state index in [0.29, 0.717) is 23.3 Å². The fourth-order valence-corrected chi connectivity index (χ4v) is 2.21. The van der Waals surface area contributed by atoms with E-state index in [2.05, 4.69) is 26.1 Å². The predicted molar refractivity (Wildman–Crippen MR) is 80.5 cm³/mol. The summed E-state index contributed by atoms with van der Waals surface area (Å²) in [5, 5.41) is 4.58. The van der Waals surface area contributed by atoms with Gasteiger partial charge in [0.15, 0.2) is 0 Å². The summed E-state index contributed by atoms with van der Waals surface area (Å²) in [6.45, 7) is 0.666. The maximum Gasteiger partial charge on any atom is 0.243 e. The molecule has 0 fully saturated rings. The van der Waals surface area contributed by atoms with Crippen LogP contribution >= 0.6 is 27.5 Å². The van der Waals surface area contributed by atoms with Crippen LogP contribution in [0, 0.1) is 0 Å². The minimum absolute atomic E-state index is 0.276. The first-order valence-corrected chi connectivity index (χ1v) is 7.32. The molecule has 2 rings (SSSR count). The normalized spacial score (nSPS) is 12.6. The molecule has 1 heterocycles. The molecular weight excluding hydrogens is 346 g/mol. The molecule has 20 heavy (non-hydrogen) atoms.